The first-order chi connectivity index (χ1) is 16.0. The Kier molecular flexibility index (Phi) is 6.93. The number of likely N-dealkylation sites (tertiary alicyclic amines) is 1. The molecule has 2 aromatic heterocycles. The number of halogens is 1. The molecule has 10 nitrogen and oxygen atoms in total. The minimum atomic E-state index is -0.0622. The Bertz CT molecular complexity index is 1130. The van der Waals surface area contributed by atoms with Crippen molar-refractivity contribution in [3.8, 4) is 0 Å². The van der Waals surface area contributed by atoms with Crippen LogP contribution in [0.1, 0.15) is 26.2 Å². The summed E-state index contributed by atoms with van der Waals surface area (Å²) in [5.74, 6) is 0.976. The Morgan fingerprint density at radius 1 is 1.27 bits per heavy atom. The van der Waals surface area contributed by atoms with Gasteiger partial charge in [0.05, 0.1) is 6.33 Å². The van der Waals surface area contributed by atoms with E-state index in [1.807, 2.05) is 31.2 Å². The predicted octanol–water partition coefficient (Wildman–Crippen LogP) is 3.11. The fraction of sp³-hybridized carbons (Fsp3) is 0.409. The van der Waals surface area contributed by atoms with Crippen LogP contribution >= 0.6 is 11.6 Å². The monoisotopic (exact) mass is 470 g/mol. The number of imidazole rings is 1. The van der Waals surface area contributed by atoms with Gasteiger partial charge in [0, 0.05) is 44.0 Å². The van der Waals surface area contributed by atoms with Gasteiger partial charge in [0.25, 0.3) is 0 Å². The number of carbonyl (C=O) groups is 2. The lowest BCUT2D eigenvalue weighted by Gasteiger charge is -2.33. The summed E-state index contributed by atoms with van der Waals surface area (Å²) in [5.41, 5.74) is 2.84. The lowest BCUT2D eigenvalue weighted by molar-refractivity contribution is -0.129. The lowest BCUT2D eigenvalue weighted by Crippen LogP contribution is -2.45. The number of fused-ring (bicyclic) bond motifs is 1. The zero-order valence-electron chi connectivity index (χ0n) is 18.6. The van der Waals surface area contributed by atoms with E-state index in [-0.39, 0.29) is 23.7 Å². The van der Waals surface area contributed by atoms with Gasteiger partial charge in [-0.3, -0.25) is 9.59 Å². The first-order valence-electron chi connectivity index (χ1n) is 10.9. The van der Waals surface area contributed by atoms with Gasteiger partial charge in [0.1, 0.15) is 11.4 Å². The molecule has 0 spiro atoms. The second kappa shape index (κ2) is 10.0. The van der Waals surface area contributed by atoms with Crippen molar-refractivity contribution in [3.05, 3.63) is 30.6 Å². The summed E-state index contributed by atoms with van der Waals surface area (Å²) < 4.78 is 0. The average Bonchev–Trinajstić information content (AvgIpc) is 3.32. The number of amides is 2. The van der Waals surface area contributed by atoms with Gasteiger partial charge >= 0.3 is 0 Å². The number of benzene rings is 1. The van der Waals surface area contributed by atoms with Crippen LogP contribution in [-0.4, -0.2) is 68.7 Å². The Morgan fingerprint density at radius 2 is 2.06 bits per heavy atom. The number of carbonyl (C=O) groups excluding carboxylic acids is 2. The Balaban J connectivity index is 1.52. The van der Waals surface area contributed by atoms with Gasteiger partial charge in [-0.1, -0.05) is 6.92 Å². The highest BCUT2D eigenvalue weighted by molar-refractivity contribution is 6.27. The van der Waals surface area contributed by atoms with Crippen molar-refractivity contribution in [1.29, 1.82) is 0 Å². The molecule has 1 saturated heterocycles. The number of nitrogens with one attached hydrogen (secondary N) is 3. The molecule has 3 heterocycles. The van der Waals surface area contributed by atoms with Crippen molar-refractivity contribution < 1.29 is 9.59 Å². The molecular weight excluding hydrogens is 444 g/mol. The molecule has 1 aromatic carbocycles. The maximum Gasteiger partial charge on any atom is 0.237 e. The van der Waals surface area contributed by atoms with E-state index in [1.54, 1.807) is 23.2 Å². The molecule has 0 aliphatic carbocycles. The molecule has 11 heteroatoms. The van der Waals surface area contributed by atoms with Crippen molar-refractivity contribution in [2.75, 3.05) is 41.6 Å². The molecule has 1 aliphatic heterocycles. The van der Waals surface area contributed by atoms with Crippen LogP contribution in [-0.2, 0) is 9.59 Å². The van der Waals surface area contributed by atoms with Crippen LogP contribution in [0.25, 0.3) is 11.2 Å². The predicted molar refractivity (Wildman–Crippen MR) is 129 cm³/mol. The molecule has 1 unspecified atom stereocenters. The van der Waals surface area contributed by atoms with E-state index in [0.717, 1.165) is 24.2 Å². The third-order valence-electron chi connectivity index (χ3n) is 5.70. The summed E-state index contributed by atoms with van der Waals surface area (Å²) in [6, 6.07) is 7.53. The van der Waals surface area contributed by atoms with E-state index in [4.69, 9.17) is 11.6 Å². The summed E-state index contributed by atoms with van der Waals surface area (Å²) in [7, 11) is 1.76. The zero-order chi connectivity index (χ0) is 23.4. The minimum absolute atomic E-state index is 0.0148. The zero-order valence-corrected chi connectivity index (χ0v) is 19.4. The SMILES string of the molecule is CCC(=O)N(C)c1ccc(Nc2nc(NC3CCCN(C(=O)CCl)C3)c3nc[nH]c3n2)cc1. The van der Waals surface area contributed by atoms with Crippen molar-refractivity contribution in [2.24, 2.45) is 0 Å². The van der Waals surface area contributed by atoms with Crippen LogP contribution in [0.3, 0.4) is 0 Å². The van der Waals surface area contributed by atoms with Crippen molar-refractivity contribution in [1.82, 2.24) is 24.8 Å². The van der Waals surface area contributed by atoms with Crippen molar-refractivity contribution in [2.45, 2.75) is 32.2 Å². The number of piperidine rings is 1. The number of nitrogens with zero attached hydrogens (tertiary/aromatic N) is 5. The summed E-state index contributed by atoms with van der Waals surface area (Å²) >= 11 is 5.73. The number of rotatable bonds is 7. The first kappa shape index (κ1) is 22.8. The molecule has 0 radical (unpaired) electrons. The van der Waals surface area contributed by atoms with Crippen LogP contribution in [0.15, 0.2) is 30.6 Å². The minimum Gasteiger partial charge on any atom is -0.364 e. The van der Waals surface area contributed by atoms with Gasteiger partial charge in [0.2, 0.25) is 17.8 Å². The lowest BCUT2D eigenvalue weighted by atomic mass is 10.1. The highest BCUT2D eigenvalue weighted by Crippen LogP contribution is 2.25. The second-order valence-electron chi connectivity index (χ2n) is 7.93. The topological polar surface area (TPSA) is 119 Å². The standard InChI is InChI=1S/C22H27ClN8O2/c1-3-17(32)30(2)16-8-6-14(7-9-16)27-22-28-20-19(24-13-25-20)21(29-22)26-15-5-4-10-31(12-15)18(33)11-23/h6-9,13,15H,3-5,10-12H2,1-2H3,(H3,24,25,26,27,28,29). The summed E-state index contributed by atoms with van der Waals surface area (Å²) in [6.45, 7) is 3.12. The Morgan fingerprint density at radius 3 is 2.79 bits per heavy atom. The van der Waals surface area contributed by atoms with Gasteiger partial charge in [-0.25, -0.2) is 4.98 Å². The molecular formula is C22H27ClN8O2. The number of aromatic nitrogens is 4. The largest absolute Gasteiger partial charge is 0.364 e. The number of anilines is 4. The van der Waals surface area contributed by atoms with Crippen LogP contribution in [0.5, 0.6) is 0 Å². The molecule has 2 amide bonds. The molecule has 1 aliphatic rings. The average molecular weight is 471 g/mol. The van der Waals surface area contributed by atoms with Crippen molar-refractivity contribution in [3.63, 3.8) is 0 Å². The van der Waals surface area contributed by atoms with E-state index in [0.29, 0.717) is 42.4 Å². The molecule has 0 bridgehead atoms. The third kappa shape index (κ3) is 5.16. The number of H-pyrrole nitrogens is 1. The van der Waals surface area contributed by atoms with Crippen molar-refractivity contribution >= 4 is 57.7 Å². The van der Waals surface area contributed by atoms with Crippen LogP contribution in [0.4, 0.5) is 23.1 Å². The van der Waals surface area contributed by atoms with E-state index in [1.165, 1.54) is 0 Å². The third-order valence-corrected chi connectivity index (χ3v) is 5.92. The first-order valence-corrected chi connectivity index (χ1v) is 11.5. The molecule has 33 heavy (non-hydrogen) atoms. The van der Waals surface area contributed by atoms with Crippen LogP contribution in [0, 0.1) is 0 Å². The number of hydrogen-bond donors (Lipinski definition) is 3. The Labute approximate surface area is 196 Å². The van der Waals surface area contributed by atoms with E-state index < -0.39 is 0 Å². The molecule has 174 valence electrons. The highest BCUT2D eigenvalue weighted by Gasteiger charge is 2.24. The van der Waals surface area contributed by atoms with Crippen LogP contribution < -0.4 is 15.5 Å². The number of alkyl halides is 1. The van der Waals surface area contributed by atoms with Gasteiger partial charge in [0.15, 0.2) is 11.5 Å². The molecule has 0 saturated carbocycles. The van der Waals surface area contributed by atoms with E-state index >= 15 is 0 Å². The molecule has 1 atom stereocenters. The smallest absolute Gasteiger partial charge is 0.237 e. The highest BCUT2D eigenvalue weighted by atomic mass is 35.5. The summed E-state index contributed by atoms with van der Waals surface area (Å²) in [5, 5.41) is 6.65. The Hall–Kier alpha value is -3.40. The maximum absolute atomic E-state index is 12.0. The summed E-state index contributed by atoms with van der Waals surface area (Å²) in [6.07, 6.45) is 3.83. The fourth-order valence-corrected chi connectivity index (χ4v) is 4.04. The molecule has 3 N–H and O–H groups in total. The quantitative estimate of drug-likeness (QED) is 0.454. The van der Waals surface area contributed by atoms with Gasteiger partial charge in [-0.2, -0.15) is 9.97 Å². The second-order valence-corrected chi connectivity index (χ2v) is 8.20. The maximum atomic E-state index is 12.0. The normalized spacial score (nSPS) is 16.0. The molecule has 1 fully saturated rings. The van der Waals surface area contributed by atoms with E-state index in [9.17, 15) is 9.59 Å². The number of aromatic amines is 1. The number of hydrogen-bond acceptors (Lipinski definition) is 7. The summed E-state index contributed by atoms with van der Waals surface area (Å²) in [4.78, 5) is 43.9. The van der Waals surface area contributed by atoms with Crippen LogP contribution in [0.2, 0.25) is 0 Å². The fourth-order valence-electron chi connectivity index (χ4n) is 3.87. The molecule has 3 aromatic rings. The van der Waals surface area contributed by atoms with Gasteiger partial charge in [-0.15, -0.1) is 11.6 Å². The molecule has 4 rings (SSSR count). The van der Waals surface area contributed by atoms with Gasteiger partial charge in [-0.05, 0) is 37.1 Å². The van der Waals surface area contributed by atoms with E-state index in [2.05, 4.69) is 30.6 Å². The van der Waals surface area contributed by atoms with Gasteiger partial charge < -0.3 is 25.4 Å².